The molecule has 0 aliphatic heterocycles. The van der Waals surface area contributed by atoms with E-state index < -0.39 is 0 Å². The molecule has 0 unspecified atom stereocenters. The number of anilines is 1. The molecule has 0 fully saturated rings. The molecule has 0 atom stereocenters. The molecule has 2 rings (SSSR count). The highest BCUT2D eigenvalue weighted by Crippen LogP contribution is 2.31. The minimum Gasteiger partial charge on any atom is -0.370 e. The predicted octanol–water partition coefficient (Wildman–Crippen LogP) is 2.86. The van der Waals surface area contributed by atoms with Gasteiger partial charge in [0.2, 0.25) is 0 Å². The van der Waals surface area contributed by atoms with Crippen molar-refractivity contribution >= 4 is 28.9 Å². The van der Waals surface area contributed by atoms with Crippen LogP contribution in [0.4, 0.5) is 5.82 Å². The Hall–Kier alpha value is -1.21. The minimum absolute atomic E-state index is 0.897. The first-order valence-corrected chi connectivity index (χ1v) is 7.56. The summed E-state index contributed by atoms with van der Waals surface area (Å²) in [5, 5.41) is 12.2. The molecular formula is C11H15N5S2. The van der Waals surface area contributed by atoms with Crippen LogP contribution < -0.4 is 5.32 Å². The summed E-state index contributed by atoms with van der Waals surface area (Å²) >= 11 is 3.07. The number of rotatable bonds is 6. The van der Waals surface area contributed by atoms with Gasteiger partial charge < -0.3 is 5.32 Å². The number of aromatic nitrogens is 4. The average Bonchev–Trinajstić information content (AvgIpc) is 2.89. The van der Waals surface area contributed by atoms with Gasteiger partial charge in [-0.2, -0.15) is 0 Å². The van der Waals surface area contributed by atoms with E-state index >= 15 is 0 Å². The van der Waals surface area contributed by atoms with Crippen LogP contribution in [0.2, 0.25) is 0 Å². The molecule has 0 amide bonds. The van der Waals surface area contributed by atoms with Gasteiger partial charge in [-0.1, -0.05) is 25.2 Å². The molecule has 18 heavy (non-hydrogen) atoms. The molecule has 2 aromatic heterocycles. The minimum atomic E-state index is 0.897. The molecule has 0 saturated heterocycles. The molecule has 0 aliphatic carbocycles. The summed E-state index contributed by atoms with van der Waals surface area (Å²) in [6.45, 7) is 5.17. The molecule has 5 nitrogen and oxygen atoms in total. The fourth-order valence-electron chi connectivity index (χ4n) is 1.49. The van der Waals surface area contributed by atoms with Crippen molar-refractivity contribution < 1.29 is 0 Å². The van der Waals surface area contributed by atoms with E-state index in [2.05, 4.69) is 39.3 Å². The topological polar surface area (TPSA) is 63.6 Å². The molecular weight excluding hydrogens is 266 g/mol. The van der Waals surface area contributed by atoms with Gasteiger partial charge in [0.1, 0.15) is 22.7 Å². The molecule has 2 heterocycles. The van der Waals surface area contributed by atoms with Crippen molar-refractivity contribution in [2.24, 2.45) is 0 Å². The van der Waals surface area contributed by atoms with E-state index in [4.69, 9.17) is 0 Å². The fourth-order valence-corrected chi connectivity index (χ4v) is 3.04. The summed E-state index contributed by atoms with van der Waals surface area (Å²) < 4.78 is 0.907. The maximum absolute atomic E-state index is 4.34. The monoisotopic (exact) mass is 281 g/mol. The van der Waals surface area contributed by atoms with Crippen molar-refractivity contribution in [2.45, 2.75) is 36.1 Å². The van der Waals surface area contributed by atoms with Crippen LogP contribution in [-0.2, 0) is 6.42 Å². The van der Waals surface area contributed by atoms with Crippen molar-refractivity contribution in [2.75, 3.05) is 11.9 Å². The van der Waals surface area contributed by atoms with E-state index in [1.165, 1.54) is 11.3 Å². The van der Waals surface area contributed by atoms with Crippen molar-refractivity contribution in [3.8, 4) is 0 Å². The molecule has 0 aromatic carbocycles. The Morgan fingerprint density at radius 2 is 2.22 bits per heavy atom. The second-order valence-corrected chi connectivity index (χ2v) is 5.66. The van der Waals surface area contributed by atoms with Crippen LogP contribution in [0.15, 0.2) is 21.2 Å². The van der Waals surface area contributed by atoms with E-state index in [1.807, 2.05) is 0 Å². The lowest BCUT2D eigenvalue weighted by Gasteiger charge is -2.11. The van der Waals surface area contributed by atoms with E-state index in [9.17, 15) is 0 Å². The normalized spacial score (nSPS) is 10.6. The Balaban J connectivity index is 2.23. The van der Waals surface area contributed by atoms with Crippen molar-refractivity contribution in [3.63, 3.8) is 0 Å². The second kappa shape index (κ2) is 6.65. The maximum atomic E-state index is 4.34. The van der Waals surface area contributed by atoms with Crippen molar-refractivity contribution in [3.05, 3.63) is 17.4 Å². The summed E-state index contributed by atoms with van der Waals surface area (Å²) in [4.78, 5) is 8.65. The molecule has 2 aromatic rings. The molecule has 0 aliphatic rings. The van der Waals surface area contributed by atoms with Crippen LogP contribution in [0.5, 0.6) is 0 Å². The smallest absolute Gasteiger partial charge is 0.180 e. The first-order valence-electron chi connectivity index (χ1n) is 5.86. The van der Waals surface area contributed by atoms with Gasteiger partial charge in [-0.15, -0.1) is 10.2 Å². The summed E-state index contributed by atoms with van der Waals surface area (Å²) in [6.07, 6.45) is 3.57. The summed E-state index contributed by atoms with van der Waals surface area (Å²) in [5.41, 5.74) is 2.87. The molecule has 0 saturated carbocycles. The van der Waals surface area contributed by atoms with Gasteiger partial charge in [0.05, 0.1) is 0 Å². The first kappa shape index (κ1) is 13.2. The second-order valence-electron chi connectivity index (χ2n) is 3.59. The van der Waals surface area contributed by atoms with Crippen LogP contribution >= 0.6 is 23.1 Å². The third-order valence-corrected chi connectivity index (χ3v) is 4.15. The van der Waals surface area contributed by atoms with Crippen LogP contribution in [0, 0.1) is 0 Å². The number of nitrogens with one attached hydrogen (secondary N) is 1. The highest BCUT2D eigenvalue weighted by atomic mass is 32.2. The maximum Gasteiger partial charge on any atom is 0.180 e. The zero-order valence-corrected chi connectivity index (χ0v) is 12.0. The average molecular weight is 281 g/mol. The van der Waals surface area contributed by atoms with Gasteiger partial charge in [-0.3, -0.25) is 0 Å². The molecule has 0 bridgehead atoms. The molecule has 7 heteroatoms. The van der Waals surface area contributed by atoms with Crippen LogP contribution in [0.3, 0.4) is 0 Å². The van der Waals surface area contributed by atoms with E-state index in [-0.39, 0.29) is 0 Å². The lowest BCUT2D eigenvalue weighted by atomic mass is 10.2. The molecule has 1 N–H and O–H groups in total. The number of nitrogens with zero attached hydrogens (tertiary/aromatic N) is 4. The van der Waals surface area contributed by atoms with Crippen LogP contribution in [0.1, 0.15) is 25.8 Å². The van der Waals surface area contributed by atoms with Gasteiger partial charge >= 0.3 is 0 Å². The Labute approximate surface area is 114 Å². The third kappa shape index (κ3) is 3.17. The quantitative estimate of drug-likeness (QED) is 0.821. The summed E-state index contributed by atoms with van der Waals surface area (Å²) in [7, 11) is 0. The van der Waals surface area contributed by atoms with Crippen molar-refractivity contribution in [1.82, 2.24) is 20.2 Å². The van der Waals surface area contributed by atoms with Crippen LogP contribution in [0.25, 0.3) is 0 Å². The van der Waals surface area contributed by atoms with E-state index in [0.717, 1.165) is 40.1 Å². The highest BCUT2D eigenvalue weighted by Gasteiger charge is 2.12. The largest absolute Gasteiger partial charge is 0.370 e. The number of hydrogen-bond donors (Lipinski definition) is 1. The highest BCUT2D eigenvalue weighted by molar-refractivity contribution is 8.01. The standard InChI is InChI=1S/C11H15N5S2/c1-3-5-12-9-8(4-2)10(14-6-13-9)18-11-16-15-7-17-11/h6-7H,3-5H2,1-2H3,(H,12,13,14). The van der Waals surface area contributed by atoms with Gasteiger partial charge in [-0.25, -0.2) is 9.97 Å². The fraction of sp³-hybridized carbons (Fsp3) is 0.455. The Kier molecular flexibility index (Phi) is 4.89. The summed E-state index contributed by atoms with van der Waals surface area (Å²) in [5.74, 6) is 0.932. The van der Waals surface area contributed by atoms with Gasteiger partial charge in [0, 0.05) is 12.1 Å². The zero-order valence-electron chi connectivity index (χ0n) is 10.4. The lowest BCUT2D eigenvalue weighted by Crippen LogP contribution is -2.06. The first-order chi connectivity index (χ1) is 8.85. The van der Waals surface area contributed by atoms with Gasteiger partial charge in [0.25, 0.3) is 0 Å². The summed E-state index contributed by atoms with van der Waals surface area (Å²) in [6, 6.07) is 0. The Bertz CT molecular complexity index is 486. The number of hydrogen-bond acceptors (Lipinski definition) is 7. The Morgan fingerprint density at radius 1 is 1.33 bits per heavy atom. The van der Waals surface area contributed by atoms with Gasteiger partial charge in [0.15, 0.2) is 4.34 Å². The van der Waals surface area contributed by atoms with Crippen molar-refractivity contribution in [1.29, 1.82) is 0 Å². The van der Waals surface area contributed by atoms with Gasteiger partial charge in [-0.05, 0) is 24.6 Å². The SMILES string of the molecule is CCCNc1ncnc(Sc2nncs2)c1CC. The third-order valence-electron chi connectivity index (χ3n) is 2.33. The Morgan fingerprint density at radius 3 is 2.89 bits per heavy atom. The zero-order chi connectivity index (χ0) is 12.8. The predicted molar refractivity (Wildman–Crippen MR) is 74.2 cm³/mol. The molecule has 0 spiro atoms. The van der Waals surface area contributed by atoms with E-state index in [0.29, 0.717) is 0 Å². The lowest BCUT2D eigenvalue weighted by molar-refractivity contribution is 0.909. The molecule has 0 radical (unpaired) electrons. The van der Waals surface area contributed by atoms with E-state index in [1.54, 1.807) is 23.6 Å². The van der Waals surface area contributed by atoms with Crippen LogP contribution in [-0.4, -0.2) is 26.7 Å². The molecule has 96 valence electrons.